The molecule has 0 fully saturated rings. The van der Waals surface area contributed by atoms with Crippen LogP contribution in [-0.4, -0.2) is 46.8 Å². The van der Waals surface area contributed by atoms with E-state index in [-0.39, 0.29) is 5.91 Å². The second-order valence-electron chi connectivity index (χ2n) is 4.80. The first-order valence-corrected chi connectivity index (χ1v) is 6.12. The summed E-state index contributed by atoms with van der Waals surface area (Å²) in [5.74, 6) is -0.173. The van der Waals surface area contributed by atoms with Crippen LogP contribution in [0.4, 0.5) is 5.69 Å². The lowest BCUT2D eigenvalue weighted by molar-refractivity contribution is 0.0939. The first-order valence-electron chi connectivity index (χ1n) is 6.12. The van der Waals surface area contributed by atoms with Gasteiger partial charge in [-0.05, 0) is 27.8 Å². The van der Waals surface area contributed by atoms with Gasteiger partial charge in [0.15, 0.2) is 0 Å². The Balaban J connectivity index is 2.56. The van der Waals surface area contributed by atoms with Crippen molar-refractivity contribution in [2.45, 2.75) is 26.8 Å². The molecule has 6 nitrogen and oxygen atoms in total. The molecule has 0 aliphatic heterocycles. The van der Waals surface area contributed by atoms with Crippen molar-refractivity contribution in [1.29, 1.82) is 0 Å². The third-order valence-electron chi connectivity index (χ3n) is 3.12. The molecule has 0 saturated carbocycles. The van der Waals surface area contributed by atoms with Gasteiger partial charge in [0, 0.05) is 26.2 Å². The molecule has 0 saturated heterocycles. The Morgan fingerprint density at radius 3 is 2.61 bits per heavy atom. The minimum Gasteiger partial charge on any atom is -0.395 e. The molecule has 0 aromatic carbocycles. The third-order valence-corrected chi connectivity index (χ3v) is 3.12. The van der Waals surface area contributed by atoms with Gasteiger partial charge in [-0.15, -0.1) is 0 Å². The average Bonchev–Trinajstić information content (AvgIpc) is 2.52. The Bertz CT molecular complexity index is 424. The molecule has 0 radical (unpaired) electrons. The number of anilines is 1. The maximum absolute atomic E-state index is 12.0. The van der Waals surface area contributed by atoms with Crippen LogP contribution in [0, 0.1) is 6.92 Å². The fourth-order valence-corrected chi connectivity index (χ4v) is 1.63. The first kappa shape index (κ1) is 14.5. The molecule has 0 bridgehead atoms. The fourth-order valence-electron chi connectivity index (χ4n) is 1.63. The highest BCUT2D eigenvalue weighted by molar-refractivity contribution is 5.97. The van der Waals surface area contributed by atoms with Crippen molar-refractivity contribution in [1.82, 2.24) is 20.0 Å². The molecule has 0 spiro atoms. The number of likely N-dealkylation sites (N-methyl/N-ethyl adjacent to an activating group) is 1. The standard InChI is InChI=1S/C12H23N5O/c1-8(2)16(4)7-6-14-12(18)11-10(13)9(3)15-17(11)5/h8H,6-7,13H2,1-5H3,(H,14,18). The number of hydrogen-bond acceptors (Lipinski definition) is 4. The van der Waals surface area contributed by atoms with Crippen LogP contribution in [0.25, 0.3) is 0 Å². The van der Waals surface area contributed by atoms with Gasteiger partial charge in [0.25, 0.3) is 5.91 Å². The van der Waals surface area contributed by atoms with Crippen molar-refractivity contribution in [3.8, 4) is 0 Å². The fraction of sp³-hybridized carbons (Fsp3) is 0.667. The topological polar surface area (TPSA) is 76.2 Å². The summed E-state index contributed by atoms with van der Waals surface area (Å²) in [6, 6.07) is 0.464. The monoisotopic (exact) mass is 253 g/mol. The maximum atomic E-state index is 12.0. The number of rotatable bonds is 5. The molecule has 6 heteroatoms. The van der Waals surface area contributed by atoms with E-state index in [1.165, 1.54) is 4.68 Å². The van der Waals surface area contributed by atoms with Crippen LogP contribution in [-0.2, 0) is 7.05 Å². The molecule has 1 aromatic rings. The van der Waals surface area contributed by atoms with E-state index in [0.29, 0.717) is 29.7 Å². The zero-order valence-electron chi connectivity index (χ0n) is 11.8. The Labute approximate surface area is 108 Å². The van der Waals surface area contributed by atoms with Gasteiger partial charge in [0.05, 0.1) is 11.4 Å². The van der Waals surface area contributed by atoms with E-state index in [2.05, 4.69) is 29.2 Å². The summed E-state index contributed by atoms with van der Waals surface area (Å²) in [4.78, 5) is 14.1. The molecular formula is C12H23N5O. The molecule has 3 N–H and O–H groups in total. The summed E-state index contributed by atoms with van der Waals surface area (Å²) in [6.45, 7) is 7.42. The van der Waals surface area contributed by atoms with Gasteiger partial charge < -0.3 is 16.0 Å². The normalized spacial score (nSPS) is 11.3. The van der Waals surface area contributed by atoms with Gasteiger partial charge in [-0.3, -0.25) is 9.48 Å². The molecule has 1 aromatic heterocycles. The lowest BCUT2D eigenvalue weighted by Gasteiger charge is -2.20. The van der Waals surface area contributed by atoms with Gasteiger partial charge in [0.1, 0.15) is 5.69 Å². The zero-order valence-corrected chi connectivity index (χ0v) is 11.8. The quantitative estimate of drug-likeness (QED) is 0.795. The Kier molecular flexibility index (Phi) is 4.72. The predicted molar refractivity (Wildman–Crippen MR) is 72.5 cm³/mol. The van der Waals surface area contributed by atoms with Crippen LogP contribution in [0.15, 0.2) is 0 Å². The second-order valence-corrected chi connectivity index (χ2v) is 4.80. The number of aryl methyl sites for hydroxylation is 2. The summed E-state index contributed by atoms with van der Waals surface area (Å²) >= 11 is 0. The summed E-state index contributed by atoms with van der Waals surface area (Å²) in [5, 5.41) is 6.98. The number of nitrogen functional groups attached to an aromatic ring is 1. The largest absolute Gasteiger partial charge is 0.395 e. The molecular weight excluding hydrogens is 230 g/mol. The van der Waals surface area contributed by atoms with Crippen LogP contribution in [0.5, 0.6) is 0 Å². The van der Waals surface area contributed by atoms with Crippen molar-refractivity contribution in [3.63, 3.8) is 0 Å². The second kappa shape index (κ2) is 5.86. The van der Waals surface area contributed by atoms with E-state index in [0.717, 1.165) is 6.54 Å². The molecule has 0 unspecified atom stereocenters. The van der Waals surface area contributed by atoms with Crippen molar-refractivity contribution in [2.24, 2.45) is 7.05 Å². The number of aromatic nitrogens is 2. The molecule has 0 aliphatic carbocycles. The minimum atomic E-state index is -0.173. The van der Waals surface area contributed by atoms with Gasteiger partial charge in [-0.25, -0.2) is 0 Å². The SMILES string of the molecule is Cc1nn(C)c(C(=O)NCCN(C)C(C)C)c1N. The van der Waals surface area contributed by atoms with Gasteiger partial charge in [-0.1, -0.05) is 0 Å². The summed E-state index contributed by atoms with van der Waals surface area (Å²) in [5.41, 5.74) is 7.39. The molecule has 1 heterocycles. The van der Waals surface area contributed by atoms with Crippen molar-refractivity contribution in [2.75, 3.05) is 25.9 Å². The lowest BCUT2D eigenvalue weighted by Crippen LogP contribution is -2.36. The van der Waals surface area contributed by atoms with Crippen molar-refractivity contribution < 1.29 is 4.79 Å². The molecule has 1 amide bonds. The summed E-state index contributed by atoms with van der Waals surface area (Å²) in [6.07, 6.45) is 0. The van der Waals surface area contributed by atoms with E-state index in [1.54, 1.807) is 14.0 Å². The highest BCUT2D eigenvalue weighted by Crippen LogP contribution is 2.14. The minimum absolute atomic E-state index is 0.173. The summed E-state index contributed by atoms with van der Waals surface area (Å²) in [7, 11) is 3.75. The lowest BCUT2D eigenvalue weighted by atomic mass is 10.3. The van der Waals surface area contributed by atoms with Crippen LogP contribution in [0.1, 0.15) is 30.0 Å². The number of hydrogen-bond donors (Lipinski definition) is 2. The maximum Gasteiger partial charge on any atom is 0.271 e. The van der Waals surface area contributed by atoms with E-state index >= 15 is 0 Å². The molecule has 18 heavy (non-hydrogen) atoms. The molecule has 0 aliphatic rings. The van der Waals surface area contributed by atoms with Crippen molar-refractivity contribution >= 4 is 11.6 Å². The van der Waals surface area contributed by atoms with Gasteiger partial charge in [0.2, 0.25) is 0 Å². The molecule has 102 valence electrons. The van der Waals surface area contributed by atoms with Crippen molar-refractivity contribution in [3.05, 3.63) is 11.4 Å². The molecule has 0 atom stereocenters. The van der Waals surface area contributed by atoms with Crippen LogP contribution < -0.4 is 11.1 Å². The number of nitrogens with two attached hydrogens (primary N) is 1. The van der Waals surface area contributed by atoms with E-state index in [9.17, 15) is 4.79 Å². The number of nitrogens with one attached hydrogen (secondary N) is 1. The zero-order chi connectivity index (χ0) is 13.9. The highest BCUT2D eigenvalue weighted by Gasteiger charge is 2.17. The van der Waals surface area contributed by atoms with E-state index in [4.69, 9.17) is 5.73 Å². The third kappa shape index (κ3) is 3.22. The van der Waals surface area contributed by atoms with E-state index in [1.807, 2.05) is 7.05 Å². The number of amides is 1. The summed E-state index contributed by atoms with van der Waals surface area (Å²) < 4.78 is 1.52. The van der Waals surface area contributed by atoms with Crippen LogP contribution >= 0.6 is 0 Å². The molecule has 1 rings (SSSR count). The number of carbonyl (C=O) groups excluding carboxylic acids is 1. The average molecular weight is 253 g/mol. The Morgan fingerprint density at radius 2 is 2.17 bits per heavy atom. The highest BCUT2D eigenvalue weighted by atomic mass is 16.2. The van der Waals surface area contributed by atoms with Gasteiger partial charge in [-0.2, -0.15) is 5.10 Å². The Morgan fingerprint density at radius 1 is 1.56 bits per heavy atom. The smallest absolute Gasteiger partial charge is 0.271 e. The Hall–Kier alpha value is -1.56. The number of nitrogens with zero attached hydrogens (tertiary/aromatic N) is 3. The number of carbonyl (C=O) groups is 1. The van der Waals surface area contributed by atoms with E-state index < -0.39 is 0 Å². The predicted octanol–water partition coefficient (Wildman–Crippen LogP) is 0.381. The first-order chi connectivity index (χ1) is 8.34. The van der Waals surface area contributed by atoms with Crippen LogP contribution in [0.2, 0.25) is 0 Å². The van der Waals surface area contributed by atoms with Gasteiger partial charge >= 0.3 is 0 Å². The van der Waals surface area contributed by atoms with Crippen LogP contribution in [0.3, 0.4) is 0 Å².